The van der Waals surface area contributed by atoms with E-state index in [2.05, 4.69) is 15.3 Å². The number of rotatable bonds is 4. The second-order valence-corrected chi connectivity index (χ2v) is 7.11. The molecule has 1 unspecified atom stereocenters. The maximum absolute atomic E-state index is 6.24. The second-order valence-electron chi connectivity index (χ2n) is 5.01. The van der Waals surface area contributed by atoms with Gasteiger partial charge in [-0.2, -0.15) is 0 Å². The van der Waals surface area contributed by atoms with E-state index < -0.39 is 4.99 Å². The van der Waals surface area contributed by atoms with Gasteiger partial charge in [0.05, 0.1) is 23.3 Å². The highest BCUT2D eigenvalue weighted by Crippen LogP contribution is 2.32. The molecule has 5 nitrogen and oxygen atoms in total. The molecular weight excluding hydrogens is 355 g/mol. The van der Waals surface area contributed by atoms with Crippen molar-refractivity contribution in [2.75, 3.05) is 0 Å². The summed E-state index contributed by atoms with van der Waals surface area (Å²) in [5.41, 5.74) is 7.81. The lowest BCUT2D eigenvalue weighted by molar-refractivity contribution is 0.528. The molecule has 0 fully saturated rings. The van der Waals surface area contributed by atoms with E-state index in [4.69, 9.17) is 33.4 Å². The van der Waals surface area contributed by atoms with Crippen LogP contribution in [0.5, 0.6) is 0 Å². The molecule has 0 saturated heterocycles. The number of halogens is 2. The highest BCUT2D eigenvalue weighted by atomic mass is 35.5. The first-order valence-corrected chi connectivity index (χ1v) is 8.52. The van der Waals surface area contributed by atoms with Crippen LogP contribution in [0.25, 0.3) is 11.3 Å². The molecule has 3 N–H and O–H groups in total. The van der Waals surface area contributed by atoms with E-state index in [1.807, 2.05) is 13.0 Å². The molecule has 0 aliphatic carbocycles. The molecule has 23 heavy (non-hydrogen) atoms. The largest absolute Gasteiger partial charge is 0.440 e. The van der Waals surface area contributed by atoms with Crippen molar-refractivity contribution in [2.45, 2.75) is 17.7 Å². The van der Waals surface area contributed by atoms with Gasteiger partial charge in [-0.05, 0) is 31.2 Å². The Morgan fingerprint density at radius 1 is 1.39 bits per heavy atom. The first kappa shape index (κ1) is 16.4. The zero-order valence-electron chi connectivity index (χ0n) is 12.2. The van der Waals surface area contributed by atoms with Crippen LogP contribution in [0.3, 0.4) is 0 Å². The van der Waals surface area contributed by atoms with E-state index in [1.54, 1.807) is 30.7 Å². The van der Waals surface area contributed by atoms with Crippen molar-refractivity contribution in [2.24, 2.45) is 10.7 Å². The molecule has 1 aliphatic heterocycles. The maximum Gasteiger partial charge on any atom is 0.205 e. The Kier molecular flexibility index (Phi) is 4.68. The lowest BCUT2D eigenvalue weighted by Gasteiger charge is -2.27. The number of oxazole rings is 1. The van der Waals surface area contributed by atoms with Gasteiger partial charge in [0.2, 0.25) is 5.89 Å². The normalized spacial score (nSPS) is 20.3. The number of hydrogen-bond acceptors (Lipinski definition) is 6. The number of nitrogens with zero attached hydrogens (tertiary/aromatic N) is 2. The van der Waals surface area contributed by atoms with Gasteiger partial charge in [0.25, 0.3) is 0 Å². The minimum atomic E-state index is -0.728. The van der Waals surface area contributed by atoms with Gasteiger partial charge >= 0.3 is 0 Å². The standard InChI is InChI=1S/C15H14Cl2N4OS/c1-9-5-15(18,21-8-20-9)23-7-14-19-6-13(22-14)11-4-10(16)2-3-12(11)17/h2-6,8H,7,18H2,1H3,(H,20,21). The molecule has 0 amide bonds. The molecule has 120 valence electrons. The van der Waals surface area contributed by atoms with Gasteiger partial charge < -0.3 is 9.73 Å². The van der Waals surface area contributed by atoms with Crippen molar-refractivity contribution >= 4 is 41.3 Å². The summed E-state index contributed by atoms with van der Waals surface area (Å²) in [4.78, 5) is 7.65. The van der Waals surface area contributed by atoms with Crippen LogP contribution in [0.1, 0.15) is 12.8 Å². The molecule has 0 radical (unpaired) electrons. The molecular formula is C15H14Cl2N4OS. The van der Waals surface area contributed by atoms with Crippen LogP contribution in [-0.4, -0.2) is 16.3 Å². The molecule has 2 aromatic rings. The predicted molar refractivity (Wildman–Crippen MR) is 95.6 cm³/mol. The van der Waals surface area contributed by atoms with Crippen molar-refractivity contribution in [1.29, 1.82) is 0 Å². The van der Waals surface area contributed by atoms with E-state index in [9.17, 15) is 0 Å². The number of thioether (sulfide) groups is 1. The van der Waals surface area contributed by atoms with Crippen molar-refractivity contribution in [3.8, 4) is 11.3 Å². The maximum atomic E-state index is 6.24. The monoisotopic (exact) mass is 368 g/mol. The molecule has 0 saturated carbocycles. The molecule has 1 aromatic carbocycles. The van der Waals surface area contributed by atoms with Crippen molar-refractivity contribution in [1.82, 2.24) is 10.3 Å². The number of nitrogens with one attached hydrogen (secondary N) is 1. The van der Waals surface area contributed by atoms with Gasteiger partial charge in [0.1, 0.15) is 0 Å². The highest BCUT2D eigenvalue weighted by molar-refractivity contribution is 8.00. The number of benzene rings is 1. The van der Waals surface area contributed by atoms with Crippen LogP contribution >= 0.6 is 35.0 Å². The van der Waals surface area contributed by atoms with Gasteiger partial charge in [0, 0.05) is 16.3 Å². The minimum Gasteiger partial charge on any atom is -0.440 e. The van der Waals surface area contributed by atoms with Gasteiger partial charge in [-0.1, -0.05) is 23.2 Å². The Balaban J connectivity index is 1.73. The van der Waals surface area contributed by atoms with E-state index in [1.165, 1.54) is 11.8 Å². The number of nitrogens with two attached hydrogens (primary N) is 1. The third kappa shape index (κ3) is 3.90. The Hall–Kier alpha value is -1.47. The summed E-state index contributed by atoms with van der Waals surface area (Å²) >= 11 is 13.6. The van der Waals surface area contributed by atoms with Gasteiger partial charge in [-0.15, -0.1) is 11.8 Å². The molecule has 1 atom stereocenters. The smallest absolute Gasteiger partial charge is 0.205 e. The van der Waals surface area contributed by atoms with Crippen molar-refractivity contribution in [3.63, 3.8) is 0 Å². The van der Waals surface area contributed by atoms with Gasteiger partial charge in [-0.25, -0.2) is 9.98 Å². The lowest BCUT2D eigenvalue weighted by atomic mass is 10.2. The van der Waals surface area contributed by atoms with E-state index in [0.717, 1.165) is 5.70 Å². The molecule has 0 spiro atoms. The number of allylic oxidation sites excluding steroid dienone is 1. The summed E-state index contributed by atoms with van der Waals surface area (Å²) in [7, 11) is 0. The second kappa shape index (κ2) is 6.57. The first-order valence-electron chi connectivity index (χ1n) is 6.78. The zero-order valence-corrected chi connectivity index (χ0v) is 14.5. The average Bonchev–Trinajstić information content (AvgIpc) is 2.96. The first-order chi connectivity index (χ1) is 11.0. The zero-order chi connectivity index (χ0) is 16.4. The summed E-state index contributed by atoms with van der Waals surface area (Å²) in [5.74, 6) is 1.63. The Morgan fingerprint density at radius 2 is 2.22 bits per heavy atom. The molecule has 3 rings (SSSR count). The fourth-order valence-corrected chi connectivity index (χ4v) is 3.35. The lowest BCUT2D eigenvalue weighted by Crippen LogP contribution is -2.49. The molecule has 0 bridgehead atoms. The fourth-order valence-electron chi connectivity index (χ4n) is 2.08. The quantitative estimate of drug-likeness (QED) is 0.796. The molecule has 1 aromatic heterocycles. The Labute approximate surface area is 148 Å². The summed E-state index contributed by atoms with van der Waals surface area (Å²) in [5, 5.41) is 4.16. The number of aliphatic imine (C=N–C) groups is 1. The van der Waals surface area contributed by atoms with Crippen LogP contribution in [0.15, 0.2) is 45.6 Å². The minimum absolute atomic E-state index is 0.499. The fraction of sp³-hybridized carbons (Fsp3) is 0.200. The topological polar surface area (TPSA) is 76.4 Å². The Morgan fingerprint density at radius 3 is 3.00 bits per heavy atom. The van der Waals surface area contributed by atoms with Crippen molar-refractivity contribution in [3.05, 3.63) is 52.1 Å². The van der Waals surface area contributed by atoms with Gasteiger partial charge in [0.15, 0.2) is 10.8 Å². The summed E-state index contributed by atoms with van der Waals surface area (Å²) in [6, 6.07) is 5.20. The van der Waals surface area contributed by atoms with Crippen LogP contribution in [0.2, 0.25) is 10.0 Å². The summed E-state index contributed by atoms with van der Waals surface area (Å²) < 4.78 is 5.76. The third-order valence-corrected chi connectivity index (χ3v) is 4.83. The van der Waals surface area contributed by atoms with Crippen LogP contribution < -0.4 is 11.1 Å². The van der Waals surface area contributed by atoms with Crippen LogP contribution in [0, 0.1) is 0 Å². The average molecular weight is 369 g/mol. The highest BCUT2D eigenvalue weighted by Gasteiger charge is 2.25. The molecule has 2 heterocycles. The van der Waals surface area contributed by atoms with Crippen LogP contribution in [0.4, 0.5) is 0 Å². The number of hydrogen-bond donors (Lipinski definition) is 2. The van der Waals surface area contributed by atoms with Crippen molar-refractivity contribution < 1.29 is 4.42 Å². The summed E-state index contributed by atoms with van der Waals surface area (Å²) in [6.45, 7) is 1.89. The third-order valence-electron chi connectivity index (χ3n) is 3.16. The van der Waals surface area contributed by atoms with Gasteiger partial charge in [-0.3, -0.25) is 5.73 Å². The molecule has 8 heteroatoms. The van der Waals surface area contributed by atoms with E-state index in [-0.39, 0.29) is 0 Å². The SMILES string of the molecule is CC1=CC(N)(SCc2ncc(-c3cc(Cl)ccc3Cl)o2)NC=N1. The number of aromatic nitrogens is 1. The molecule has 1 aliphatic rings. The predicted octanol–water partition coefficient (Wildman–Crippen LogP) is 4.03. The summed E-state index contributed by atoms with van der Waals surface area (Å²) in [6.07, 6.45) is 5.08. The Bertz CT molecular complexity index is 790. The van der Waals surface area contributed by atoms with E-state index in [0.29, 0.717) is 33.0 Å². The van der Waals surface area contributed by atoms with E-state index >= 15 is 0 Å². The van der Waals surface area contributed by atoms with Crippen LogP contribution in [-0.2, 0) is 5.75 Å².